The van der Waals surface area contributed by atoms with E-state index in [1.807, 2.05) is 60.7 Å². The van der Waals surface area contributed by atoms with Gasteiger partial charge < -0.3 is 15.8 Å². The maximum absolute atomic E-state index is 14.0. The molecule has 0 radical (unpaired) electrons. The van der Waals surface area contributed by atoms with Gasteiger partial charge in [-0.15, -0.1) is 28.2 Å². The number of β-lactam (4-membered cyclic amide) rings is 1. The number of nitrogen functional groups attached to an aromatic ring is 1. The molecular weight excluding hydrogens is 583 g/mol. The third-order valence-electron chi connectivity index (χ3n) is 6.41. The van der Waals surface area contributed by atoms with Crippen LogP contribution in [-0.2, 0) is 25.5 Å². The molecule has 0 saturated carbocycles. The van der Waals surface area contributed by atoms with Gasteiger partial charge in [0, 0.05) is 16.0 Å². The quantitative estimate of drug-likeness (QED) is 0.191. The van der Waals surface area contributed by atoms with E-state index in [0.717, 1.165) is 11.1 Å². The lowest BCUT2D eigenvalue weighted by Crippen LogP contribution is -2.70. The first-order valence-corrected chi connectivity index (χ1v) is 15.2. The number of nitrogens with one attached hydrogen (secondary N) is 2. The summed E-state index contributed by atoms with van der Waals surface area (Å²) in [5.74, 6) is -0.964. The Kier molecular flexibility index (Phi) is 7.76. The molecule has 1 saturated heterocycles. The van der Waals surface area contributed by atoms with Crippen molar-refractivity contribution in [3.63, 3.8) is 0 Å². The summed E-state index contributed by atoms with van der Waals surface area (Å²) in [6.45, 7) is 0. The minimum atomic E-state index is -0.786. The number of amides is 2. The fourth-order valence-electron chi connectivity index (χ4n) is 4.57. The maximum atomic E-state index is 14.0. The van der Waals surface area contributed by atoms with Crippen molar-refractivity contribution in [2.75, 3.05) is 11.5 Å². The number of nitrogens with two attached hydrogens (primary N) is 1. The molecule has 4 aromatic rings. The summed E-state index contributed by atoms with van der Waals surface area (Å²) in [5.41, 5.74) is 7.94. The van der Waals surface area contributed by atoms with Crippen LogP contribution in [0.3, 0.4) is 0 Å². The summed E-state index contributed by atoms with van der Waals surface area (Å²) in [7, 11) is 0. The van der Waals surface area contributed by atoms with Crippen LogP contribution in [0.15, 0.2) is 87.9 Å². The van der Waals surface area contributed by atoms with Crippen LogP contribution in [0.5, 0.6) is 0 Å². The van der Waals surface area contributed by atoms with E-state index in [4.69, 9.17) is 10.5 Å². The van der Waals surface area contributed by atoms with E-state index in [-0.39, 0.29) is 18.0 Å². The molecule has 2 amide bonds. The minimum Gasteiger partial charge on any atom is -0.448 e. The van der Waals surface area contributed by atoms with Crippen LogP contribution in [0.2, 0.25) is 0 Å². The first-order valence-electron chi connectivity index (χ1n) is 12.5. The van der Waals surface area contributed by atoms with Crippen molar-refractivity contribution in [1.82, 2.24) is 30.6 Å². The van der Waals surface area contributed by atoms with Gasteiger partial charge in [0.1, 0.15) is 22.1 Å². The molecule has 2 atom stereocenters. The van der Waals surface area contributed by atoms with Crippen LogP contribution in [0.25, 0.3) is 0 Å². The number of thioether (sulfide) groups is 2. The van der Waals surface area contributed by atoms with Crippen molar-refractivity contribution in [1.29, 1.82) is 0 Å². The lowest BCUT2D eigenvalue weighted by molar-refractivity contribution is -0.154. The van der Waals surface area contributed by atoms with E-state index >= 15 is 0 Å². The number of fused-ring (bicyclic) bond motifs is 1. The zero-order valence-electron chi connectivity index (χ0n) is 21.3. The molecule has 2 aromatic carbocycles. The number of hydrogen-bond acceptors (Lipinski definition) is 11. The Morgan fingerprint density at radius 3 is 2.46 bits per heavy atom. The molecule has 0 unspecified atom stereocenters. The van der Waals surface area contributed by atoms with Gasteiger partial charge in [0.05, 0.1) is 18.3 Å². The highest BCUT2D eigenvalue weighted by molar-refractivity contribution is 8.06. The fraction of sp³-hybridized carbons (Fsp3) is 0.185. The van der Waals surface area contributed by atoms with Gasteiger partial charge >= 0.3 is 5.97 Å². The molecule has 1 fully saturated rings. The van der Waals surface area contributed by atoms with Gasteiger partial charge in [0.25, 0.3) is 5.91 Å². The van der Waals surface area contributed by atoms with Gasteiger partial charge in [0.15, 0.2) is 11.2 Å². The van der Waals surface area contributed by atoms with Crippen LogP contribution in [0.1, 0.15) is 22.9 Å². The number of aromatic amines is 1. The molecule has 2 aromatic heterocycles. The molecular formula is C27H23N7O4S3. The fourth-order valence-corrected chi connectivity index (χ4v) is 7.50. The van der Waals surface area contributed by atoms with E-state index < -0.39 is 29.4 Å². The average Bonchev–Trinajstić information content (AvgIpc) is 3.66. The van der Waals surface area contributed by atoms with Gasteiger partial charge in [-0.25, -0.2) is 9.78 Å². The maximum Gasteiger partial charge on any atom is 0.356 e. The Labute approximate surface area is 246 Å². The number of ether oxygens (including phenoxy) is 1. The van der Waals surface area contributed by atoms with Gasteiger partial charge in [-0.2, -0.15) is 0 Å². The number of nitrogens with zero attached hydrogens (tertiary/aromatic N) is 4. The van der Waals surface area contributed by atoms with Crippen molar-refractivity contribution in [2.24, 2.45) is 0 Å². The number of hydrogen-bond donors (Lipinski definition) is 3. The number of rotatable bonds is 9. The predicted octanol–water partition coefficient (Wildman–Crippen LogP) is 3.12. The Morgan fingerprint density at radius 2 is 1.85 bits per heavy atom. The van der Waals surface area contributed by atoms with E-state index in [2.05, 4.69) is 25.7 Å². The third kappa shape index (κ3) is 5.71. The largest absolute Gasteiger partial charge is 0.448 e. The number of H-pyrrole nitrogens is 1. The number of benzene rings is 2. The summed E-state index contributed by atoms with van der Waals surface area (Å²) in [5, 5.41) is 15.4. The third-order valence-corrected chi connectivity index (χ3v) is 9.60. The highest BCUT2D eigenvalue weighted by atomic mass is 32.2. The summed E-state index contributed by atoms with van der Waals surface area (Å²) >= 11 is 3.97. The molecule has 11 nitrogen and oxygen atoms in total. The smallest absolute Gasteiger partial charge is 0.356 e. The predicted molar refractivity (Wildman–Crippen MR) is 155 cm³/mol. The van der Waals surface area contributed by atoms with Crippen LogP contribution in [-0.4, -0.2) is 60.2 Å². The minimum absolute atomic E-state index is 0.00334. The molecule has 208 valence electrons. The number of carbonyl (C=O) groups is 3. The number of aromatic nitrogens is 4. The van der Waals surface area contributed by atoms with Gasteiger partial charge in [-0.3, -0.25) is 19.6 Å². The number of carbonyl (C=O) groups excluding carboxylic acids is 3. The molecule has 2 aliphatic rings. The second-order valence-electron chi connectivity index (χ2n) is 9.11. The molecule has 0 bridgehead atoms. The SMILES string of the molecule is Nc1nc(CC(=O)N[C@@H]2C(=O)N3C(C(=O)OC(c4ccccc4)c4ccccc4)=C(Sc4cnn[nH]4)CS[C@H]23)cs1. The van der Waals surface area contributed by atoms with Crippen LogP contribution in [0.4, 0.5) is 5.13 Å². The summed E-state index contributed by atoms with van der Waals surface area (Å²) < 4.78 is 6.15. The standard InChI is InChI=1S/C27H23N7O4S3/c28-27-30-17(13-40-27)11-19(35)31-21-24(36)34-22(18(14-39-25(21)34)41-20-12-29-33-32-20)26(37)38-23(15-7-3-1-4-8-15)16-9-5-2-6-10-16/h1-10,12-13,21,23,25H,11,14H2,(H2,28,30)(H,31,35)(H,29,32,33)/t21-,25-/m1/s1. The highest BCUT2D eigenvalue weighted by Gasteiger charge is 2.55. The first kappa shape index (κ1) is 27.1. The molecule has 4 N–H and O–H groups in total. The zero-order valence-corrected chi connectivity index (χ0v) is 23.7. The van der Waals surface area contributed by atoms with E-state index in [1.54, 1.807) is 11.6 Å². The number of esters is 1. The topological polar surface area (TPSA) is 156 Å². The molecule has 41 heavy (non-hydrogen) atoms. The van der Waals surface area contributed by atoms with Gasteiger partial charge in [-0.1, -0.05) is 77.6 Å². The summed E-state index contributed by atoms with van der Waals surface area (Å²) in [6.07, 6.45) is 0.854. The van der Waals surface area contributed by atoms with E-state index in [1.165, 1.54) is 39.8 Å². The Morgan fingerprint density at radius 1 is 1.15 bits per heavy atom. The second-order valence-corrected chi connectivity index (χ2v) is 12.2. The molecule has 14 heteroatoms. The van der Waals surface area contributed by atoms with Gasteiger partial charge in [0.2, 0.25) is 5.91 Å². The molecule has 6 rings (SSSR count). The average molecular weight is 606 g/mol. The molecule has 0 aliphatic carbocycles. The monoisotopic (exact) mass is 605 g/mol. The van der Waals surface area contributed by atoms with E-state index in [0.29, 0.717) is 26.5 Å². The van der Waals surface area contributed by atoms with Gasteiger partial charge in [-0.05, 0) is 11.1 Å². The highest BCUT2D eigenvalue weighted by Crippen LogP contribution is 2.45. The van der Waals surface area contributed by atoms with Crippen molar-refractivity contribution in [2.45, 2.75) is 29.0 Å². The Balaban J connectivity index is 1.27. The summed E-state index contributed by atoms with van der Waals surface area (Å²) in [6, 6.07) is 18.1. The van der Waals surface area contributed by atoms with Crippen LogP contribution < -0.4 is 11.1 Å². The van der Waals surface area contributed by atoms with E-state index in [9.17, 15) is 14.4 Å². The Hall–Kier alpha value is -4.14. The van der Waals surface area contributed by atoms with Crippen molar-refractivity contribution in [3.05, 3.63) is 99.7 Å². The second kappa shape index (κ2) is 11.8. The summed E-state index contributed by atoms with van der Waals surface area (Å²) in [4.78, 5) is 46.3. The molecule has 4 heterocycles. The zero-order chi connectivity index (χ0) is 28.3. The van der Waals surface area contributed by atoms with Crippen molar-refractivity contribution in [3.8, 4) is 0 Å². The number of anilines is 1. The van der Waals surface area contributed by atoms with Crippen molar-refractivity contribution >= 4 is 57.8 Å². The lowest BCUT2D eigenvalue weighted by atomic mass is 10.0. The number of thiazole rings is 1. The van der Waals surface area contributed by atoms with Crippen LogP contribution in [0, 0.1) is 0 Å². The normalized spacial score (nSPS) is 18.2. The van der Waals surface area contributed by atoms with Crippen molar-refractivity contribution < 1.29 is 19.1 Å². The first-order chi connectivity index (χ1) is 20.0. The molecule has 0 spiro atoms. The lowest BCUT2D eigenvalue weighted by Gasteiger charge is -2.49. The molecule has 2 aliphatic heterocycles. The van der Waals surface area contributed by atoms with Crippen LogP contribution >= 0.6 is 34.9 Å². The Bertz CT molecular complexity index is 1560.